The Labute approximate surface area is 244 Å². The smallest absolute Gasteiger partial charge is 0.243 e. The first kappa shape index (κ1) is 29.8. The van der Waals surface area contributed by atoms with Crippen molar-refractivity contribution in [3.63, 3.8) is 0 Å². The van der Waals surface area contributed by atoms with Crippen molar-refractivity contribution in [1.29, 1.82) is 0 Å². The van der Waals surface area contributed by atoms with Crippen LogP contribution in [0.1, 0.15) is 76.7 Å². The number of pyridine rings is 1. The topological polar surface area (TPSA) is 90.9 Å². The first-order valence-corrected chi connectivity index (χ1v) is 15.0. The summed E-state index contributed by atoms with van der Waals surface area (Å²) in [4.78, 5) is 24.8. The fourth-order valence-electron chi connectivity index (χ4n) is 4.87. The van der Waals surface area contributed by atoms with Crippen molar-refractivity contribution in [3.8, 4) is 39.7 Å². The maximum Gasteiger partial charge on any atom is 0.243 e. The molecule has 3 N–H and O–H groups in total. The van der Waals surface area contributed by atoms with Crippen LogP contribution in [0.25, 0.3) is 40.0 Å². The van der Waals surface area contributed by atoms with Crippen molar-refractivity contribution < 1.29 is 9.90 Å². The number of unbranched alkanes of at least 4 members (excludes halogenated alkanes) is 9. The molecule has 4 aromatic rings. The van der Waals surface area contributed by atoms with E-state index >= 15 is 0 Å². The molecular weight excluding hydrogens is 508 g/mol. The molecule has 0 bridgehead atoms. The van der Waals surface area contributed by atoms with Crippen molar-refractivity contribution in [3.05, 3.63) is 84.7 Å². The van der Waals surface area contributed by atoms with Crippen molar-refractivity contribution in [2.24, 2.45) is 0 Å². The fourth-order valence-corrected chi connectivity index (χ4v) is 4.87. The summed E-state index contributed by atoms with van der Waals surface area (Å²) in [7, 11) is 0. The number of carbonyl (C=O) groups excluding carboxylic acids is 1. The lowest BCUT2D eigenvalue weighted by Gasteiger charge is -2.05. The Balaban J connectivity index is 1.30. The van der Waals surface area contributed by atoms with Gasteiger partial charge in [-0.05, 0) is 54.5 Å². The SMILES string of the molecule is CCCCCCCCCCCCNC(=O)/C=C/c1ccc(-c2[nH]c(-c3cccnc3)nc2-c2ccc(O)cc2)cc1. The quantitative estimate of drug-likeness (QED) is 0.0962. The average molecular weight is 551 g/mol. The average Bonchev–Trinajstić information content (AvgIpc) is 3.45. The second-order valence-electron chi connectivity index (χ2n) is 10.5. The Morgan fingerprint density at radius 3 is 2.15 bits per heavy atom. The van der Waals surface area contributed by atoms with E-state index in [4.69, 9.17) is 4.98 Å². The number of hydrogen-bond acceptors (Lipinski definition) is 4. The predicted octanol–water partition coefficient (Wildman–Crippen LogP) is 8.56. The van der Waals surface area contributed by atoms with Crippen molar-refractivity contribution in [2.75, 3.05) is 6.54 Å². The fraction of sp³-hybridized carbons (Fsp3) is 0.343. The van der Waals surface area contributed by atoms with Gasteiger partial charge in [-0.1, -0.05) is 89.0 Å². The molecule has 41 heavy (non-hydrogen) atoms. The molecule has 1 amide bonds. The van der Waals surface area contributed by atoms with Gasteiger partial charge in [0, 0.05) is 41.7 Å². The third kappa shape index (κ3) is 9.45. The third-order valence-electron chi connectivity index (χ3n) is 7.24. The molecule has 2 aromatic heterocycles. The number of H-pyrrole nitrogens is 1. The second kappa shape index (κ2) is 16.2. The summed E-state index contributed by atoms with van der Waals surface area (Å²) in [6, 6.07) is 18.9. The Kier molecular flexibility index (Phi) is 11.7. The van der Waals surface area contributed by atoms with Gasteiger partial charge in [0.2, 0.25) is 5.91 Å². The van der Waals surface area contributed by atoms with Gasteiger partial charge in [0.15, 0.2) is 0 Å². The van der Waals surface area contributed by atoms with Gasteiger partial charge >= 0.3 is 0 Å². The van der Waals surface area contributed by atoms with Gasteiger partial charge in [-0.2, -0.15) is 0 Å². The molecule has 0 fully saturated rings. The molecule has 4 rings (SSSR count). The van der Waals surface area contributed by atoms with Crippen LogP contribution in [-0.2, 0) is 4.79 Å². The molecule has 214 valence electrons. The molecule has 0 unspecified atom stereocenters. The highest BCUT2D eigenvalue weighted by atomic mass is 16.3. The second-order valence-corrected chi connectivity index (χ2v) is 10.5. The van der Waals surface area contributed by atoms with Gasteiger partial charge in [-0.3, -0.25) is 9.78 Å². The Morgan fingerprint density at radius 1 is 0.829 bits per heavy atom. The number of phenolic OH excluding ortho intramolecular Hbond substituents is 1. The minimum Gasteiger partial charge on any atom is -0.508 e. The number of rotatable bonds is 16. The van der Waals surface area contributed by atoms with Crippen molar-refractivity contribution in [2.45, 2.75) is 71.1 Å². The maximum absolute atomic E-state index is 12.3. The van der Waals surface area contributed by atoms with E-state index in [-0.39, 0.29) is 11.7 Å². The maximum atomic E-state index is 12.3. The summed E-state index contributed by atoms with van der Waals surface area (Å²) in [5, 5.41) is 12.8. The highest BCUT2D eigenvalue weighted by Gasteiger charge is 2.15. The van der Waals surface area contributed by atoms with Gasteiger partial charge in [0.05, 0.1) is 11.4 Å². The summed E-state index contributed by atoms with van der Waals surface area (Å²) in [6.45, 7) is 2.97. The number of nitrogens with zero attached hydrogens (tertiary/aromatic N) is 2. The molecule has 0 spiro atoms. The molecule has 0 aliphatic carbocycles. The number of amides is 1. The van der Waals surface area contributed by atoms with E-state index in [0.717, 1.165) is 52.4 Å². The van der Waals surface area contributed by atoms with E-state index in [1.54, 1.807) is 30.6 Å². The van der Waals surface area contributed by atoms with E-state index in [1.165, 1.54) is 57.8 Å². The largest absolute Gasteiger partial charge is 0.508 e. The van der Waals surface area contributed by atoms with Crippen LogP contribution in [-0.4, -0.2) is 32.5 Å². The summed E-state index contributed by atoms with van der Waals surface area (Å²) in [5.74, 6) is 0.871. The summed E-state index contributed by atoms with van der Waals surface area (Å²) >= 11 is 0. The first-order valence-electron chi connectivity index (χ1n) is 15.0. The molecule has 0 radical (unpaired) electrons. The first-order chi connectivity index (χ1) is 20.1. The predicted molar refractivity (Wildman–Crippen MR) is 168 cm³/mol. The normalized spacial score (nSPS) is 11.2. The minimum atomic E-state index is -0.0608. The number of aromatic amines is 1. The van der Waals surface area contributed by atoms with E-state index in [1.807, 2.05) is 54.6 Å². The number of aromatic hydroxyl groups is 1. The number of aromatic nitrogens is 3. The van der Waals surface area contributed by atoms with Crippen LogP contribution in [0.4, 0.5) is 0 Å². The molecule has 0 saturated carbocycles. The van der Waals surface area contributed by atoms with Crippen molar-refractivity contribution in [1.82, 2.24) is 20.3 Å². The standard InChI is InChI=1S/C35H42N4O2/c1-2-3-4-5-6-7-8-9-10-11-25-37-32(41)23-16-27-14-17-28(18-15-27)33-34(29-19-21-31(40)22-20-29)39-35(38-33)30-13-12-24-36-26-30/h12-24,26,40H,2-11,25H2,1H3,(H,37,41)(H,38,39)/b23-16+. The van der Waals surface area contributed by atoms with Gasteiger partial charge in [-0.15, -0.1) is 0 Å². The number of hydrogen-bond donors (Lipinski definition) is 3. The Morgan fingerprint density at radius 2 is 1.49 bits per heavy atom. The zero-order chi connectivity index (χ0) is 28.7. The number of phenols is 1. The molecule has 6 heteroatoms. The highest BCUT2D eigenvalue weighted by molar-refractivity contribution is 5.91. The minimum absolute atomic E-state index is 0.0608. The third-order valence-corrected chi connectivity index (χ3v) is 7.24. The molecule has 0 atom stereocenters. The summed E-state index contributed by atoms with van der Waals surface area (Å²) < 4.78 is 0. The monoisotopic (exact) mass is 550 g/mol. The van der Waals surface area contributed by atoms with Crippen LogP contribution in [0.2, 0.25) is 0 Å². The molecule has 0 aliphatic rings. The van der Waals surface area contributed by atoms with E-state index in [9.17, 15) is 9.90 Å². The van der Waals surface area contributed by atoms with Gasteiger partial charge < -0.3 is 15.4 Å². The lowest BCUT2D eigenvalue weighted by molar-refractivity contribution is -0.116. The summed E-state index contributed by atoms with van der Waals surface area (Å²) in [5.41, 5.74) is 5.37. The Bertz CT molecular complexity index is 1360. The van der Waals surface area contributed by atoms with E-state index in [0.29, 0.717) is 0 Å². The summed E-state index contributed by atoms with van der Waals surface area (Å²) in [6.07, 6.45) is 19.8. The molecule has 0 aliphatic heterocycles. The number of nitrogens with one attached hydrogen (secondary N) is 2. The number of carbonyl (C=O) groups is 1. The van der Waals surface area contributed by atoms with Gasteiger partial charge in [0.1, 0.15) is 11.6 Å². The van der Waals surface area contributed by atoms with Crippen molar-refractivity contribution >= 4 is 12.0 Å². The van der Waals surface area contributed by atoms with E-state index in [2.05, 4.69) is 22.2 Å². The van der Waals surface area contributed by atoms with Crippen LogP contribution >= 0.6 is 0 Å². The van der Waals surface area contributed by atoms with Gasteiger partial charge in [0.25, 0.3) is 0 Å². The van der Waals surface area contributed by atoms with E-state index < -0.39 is 0 Å². The van der Waals surface area contributed by atoms with Crippen LogP contribution in [0.3, 0.4) is 0 Å². The lowest BCUT2D eigenvalue weighted by Crippen LogP contribution is -2.21. The van der Waals surface area contributed by atoms with Gasteiger partial charge in [-0.25, -0.2) is 4.98 Å². The molecule has 2 heterocycles. The molecular formula is C35H42N4O2. The number of benzene rings is 2. The lowest BCUT2D eigenvalue weighted by atomic mass is 10.0. The van der Waals surface area contributed by atoms with Crippen LogP contribution in [0.5, 0.6) is 5.75 Å². The molecule has 6 nitrogen and oxygen atoms in total. The van der Waals surface area contributed by atoms with Crippen LogP contribution < -0.4 is 5.32 Å². The highest BCUT2D eigenvalue weighted by Crippen LogP contribution is 2.33. The molecule has 0 saturated heterocycles. The zero-order valence-electron chi connectivity index (χ0n) is 24.1. The Hall–Kier alpha value is -4.19. The zero-order valence-corrected chi connectivity index (χ0v) is 24.1. The van der Waals surface area contributed by atoms with Crippen LogP contribution in [0, 0.1) is 0 Å². The van der Waals surface area contributed by atoms with Crippen LogP contribution in [0.15, 0.2) is 79.1 Å². The molecule has 2 aromatic carbocycles. The number of imidazole rings is 1.